The Bertz CT molecular complexity index is 763. The molecule has 2 aromatic rings. The molecular formula is C22H25NO3. The highest BCUT2D eigenvalue weighted by molar-refractivity contribution is 5.87. The van der Waals surface area contributed by atoms with Gasteiger partial charge < -0.3 is 10.1 Å². The lowest BCUT2D eigenvalue weighted by molar-refractivity contribution is -0.138. The molecule has 136 valence electrons. The molecule has 0 fully saturated rings. The van der Waals surface area contributed by atoms with Crippen LogP contribution in [0.1, 0.15) is 28.7 Å². The molecule has 1 amide bonds. The maximum absolute atomic E-state index is 11.8. The first-order valence-corrected chi connectivity index (χ1v) is 8.77. The molecule has 4 heteroatoms. The van der Waals surface area contributed by atoms with Gasteiger partial charge in [-0.3, -0.25) is 4.79 Å². The minimum Gasteiger partial charge on any atom is -0.461 e. The normalized spacial score (nSPS) is 10.7. The largest absolute Gasteiger partial charge is 0.461 e. The molecule has 4 nitrogen and oxygen atoms in total. The van der Waals surface area contributed by atoms with Crippen molar-refractivity contribution in [2.24, 2.45) is 0 Å². The molecule has 2 rings (SSSR count). The zero-order valence-electron chi connectivity index (χ0n) is 15.3. The van der Waals surface area contributed by atoms with Crippen LogP contribution in [-0.4, -0.2) is 25.0 Å². The zero-order chi connectivity index (χ0) is 18.8. The van der Waals surface area contributed by atoms with Crippen molar-refractivity contribution in [1.29, 1.82) is 0 Å². The van der Waals surface area contributed by atoms with Gasteiger partial charge in [-0.05, 0) is 37.5 Å². The number of hydrogen-bond acceptors (Lipinski definition) is 3. The molecule has 0 spiro atoms. The van der Waals surface area contributed by atoms with Gasteiger partial charge in [0.2, 0.25) is 5.91 Å². The lowest BCUT2D eigenvalue weighted by Gasteiger charge is -2.06. The highest BCUT2D eigenvalue weighted by atomic mass is 16.5. The Labute approximate surface area is 154 Å². The van der Waals surface area contributed by atoms with Gasteiger partial charge >= 0.3 is 5.97 Å². The van der Waals surface area contributed by atoms with Gasteiger partial charge in [0.15, 0.2) is 0 Å². The van der Waals surface area contributed by atoms with E-state index in [-0.39, 0.29) is 12.5 Å². The summed E-state index contributed by atoms with van der Waals surface area (Å²) in [5.41, 5.74) is 4.43. The maximum atomic E-state index is 11.8. The van der Waals surface area contributed by atoms with E-state index in [4.69, 9.17) is 4.74 Å². The third-order valence-corrected chi connectivity index (χ3v) is 3.88. The van der Waals surface area contributed by atoms with Crippen molar-refractivity contribution in [3.8, 4) is 0 Å². The summed E-state index contributed by atoms with van der Waals surface area (Å²) in [4.78, 5) is 23.5. The Morgan fingerprint density at radius 3 is 2.54 bits per heavy atom. The predicted octanol–water partition coefficient (Wildman–Crippen LogP) is 3.61. The number of rotatable bonds is 8. The zero-order valence-corrected chi connectivity index (χ0v) is 15.3. The molecule has 0 aliphatic heterocycles. The lowest BCUT2D eigenvalue weighted by Crippen LogP contribution is -2.28. The number of hydrogen-bond donors (Lipinski definition) is 1. The van der Waals surface area contributed by atoms with Crippen LogP contribution < -0.4 is 5.32 Å². The van der Waals surface area contributed by atoms with E-state index in [1.807, 2.05) is 62.4 Å². The molecule has 0 saturated carbocycles. The molecule has 0 aliphatic carbocycles. The van der Waals surface area contributed by atoms with E-state index in [1.165, 1.54) is 11.6 Å². The average molecular weight is 351 g/mol. The number of ether oxygens (including phenoxy) is 1. The number of benzene rings is 2. The van der Waals surface area contributed by atoms with Crippen molar-refractivity contribution >= 4 is 18.0 Å². The first kappa shape index (κ1) is 19.4. The second-order valence-electron chi connectivity index (χ2n) is 6.25. The van der Waals surface area contributed by atoms with Crippen LogP contribution in [0.5, 0.6) is 0 Å². The van der Waals surface area contributed by atoms with Gasteiger partial charge in [-0.1, -0.05) is 59.7 Å². The van der Waals surface area contributed by atoms with Crippen molar-refractivity contribution in [3.05, 3.63) is 76.9 Å². The summed E-state index contributed by atoms with van der Waals surface area (Å²) in [5, 5.41) is 2.76. The van der Waals surface area contributed by atoms with Crippen LogP contribution >= 0.6 is 0 Å². The highest BCUT2D eigenvalue weighted by Gasteiger charge is 2.03. The Hall–Kier alpha value is -2.88. The van der Waals surface area contributed by atoms with Crippen LogP contribution in [0.15, 0.2) is 54.6 Å². The first-order chi connectivity index (χ1) is 12.5. The number of carbonyl (C=O) groups excluding carboxylic acids is 2. The van der Waals surface area contributed by atoms with Gasteiger partial charge in [0, 0.05) is 12.5 Å². The van der Waals surface area contributed by atoms with E-state index < -0.39 is 5.97 Å². The van der Waals surface area contributed by atoms with Gasteiger partial charge in [0.1, 0.15) is 6.61 Å². The van der Waals surface area contributed by atoms with Crippen LogP contribution in [-0.2, 0) is 20.7 Å². The van der Waals surface area contributed by atoms with E-state index in [9.17, 15) is 9.59 Å². The summed E-state index contributed by atoms with van der Waals surface area (Å²) in [5.74, 6) is -0.461. The summed E-state index contributed by atoms with van der Waals surface area (Å²) in [6.45, 7) is 4.51. The predicted molar refractivity (Wildman–Crippen MR) is 104 cm³/mol. The average Bonchev–Trinajstić information content (AvgIpc) is 2.63. The fourth-order valence-electron chi connectivity index (χ4n) is 2.43. The summed E-state index contributed by atoms with van der Waals surface area (Å²) >= 11 is 0. The molecule has 2 aromatic carbocycles. The van der Waals surface area contributed by atoms with Crippen molar-refractivity contribution in [2.75, 3.05) is 13.2 Å². The molecule has 0 heterocycles. The highest BCUT2D eigenvalue weighted by Crippen LogP contribution is 2.06. The molecule has 0 radical (unpaired) electrons. The standard InChI is InChI=1S/C22H25NO3/c1-17-6-8-19(9-7-17)10-12-21(24)23-14-15-26-22(25)13-11-20-5-3-4-18(2)16-20/h3-9,11,13,16H,10,12,14-15H2,1-2H3,(H,23,24)/b13-11+. The smallest absolute Gasteiger partial charge is 0.330 e. The topological polar surface area (TPSA) is 55.4 Å². The van der Waals surface area contributed by atoms with Crippen molar-refractivity contribution < 1.29 is 14.3 Å². The van der Waals surface area contributed by atoms with Gasteiger partial charge in [0.25, 0.3) is 0 Å². The summed E-state index contributed by atoms with van der Waals surface area (Å²) in [6.07, 6.45) is 4.23. The van der Waals surface area contributed by atoms with Crippen LogP contribution in [0.2, 0.25) is 0 Å². The van der Waals surface area contributed by atoms with Gasteiger partial charge in [-0.15, -0.1) is 0 Å². The number of esters is 1. The fraction of sp³-hybridized carbons (Fsp3) is 0.273. The summed E-state index contributed by atoms with van der Waals surface area (Å²) in [6, 6.07) is 16.0. The third kappa shape index (κ3) is 7.34. The SMILES string of the molecule is Cc1ccc(CCC(=O)NCCOC(=O)/C=C/c2cccc(C)c2)cc1. The number of carbonyl (C=O) groups is 2. The van der Waals surface area contributed by atoms with Crippen LogP contribution in [0.3, 0.4) is 0 Å². The Balaban J connectivity index is 1.61. The molecule has 0 aliphatic rings. The molecular weight excluding hydrogens is 326 g/mol. The number of nitrogens with one attached hydrogen (secondary N) is 1. The monoisotopic (exact) mass is 351 g/mol. The van der Waals surface area contributed by atoms with E-state index in [0.717, 1.165) is 16.7 Å². The van der Waals surface area contributed by atoms with E-state index in [2.05, 4.69) is 5.32 Å². The lowest BCUT2D eigenvalue weighted by atomic mass is 10.1. The molecule has 0 saturated heterocycles. The minimum absolute atomic E-state index is 0.0445. The van der Waals surface area contributed by atoms with E-state index >= 15 is 0 Å². The van der Waals surface area contributed by atoms with Gasteiger partial charge in [0.05, 0.1) is 6.54 Å². The number of amides is 1. The van der Waals surface area contributed by atoms with Crippen molar-refractivity contribution in [2.45, 2.75) is 26.7 Å². The van der Waals surface area contributed by atoms with Crippen LogP contribution in [0.25, 0.3) is 6.08 Å². The van der Waals surface area contributed by atoms with E-state index in [0.29, 0.717) is 19.4 Å². The second kappa shape index (κ2) is 10.2. The van der Waals surface area contributed by atoms with Crippen LogP contribution in [0.4, 0.5) is 0 Å². The summed E-state index contributed by atoms with van der Waals surface area (Å²) < 4.78 is 5.08. The van der Waals surface area contributed by atoms with Crippen molar-refractivity contribution in [3.63, 3.8) is 0 Å². The maximum Gasteiger partial charge on any atom is 0.330 e. The first-order valence-electron chi connectivity index (χ1n) is 8.77. The molecule has 1 N–H and O–H groups in total. The van der Waals surface area contributed by atoms with Gasteiger partial charge in [-0.25, -0.2) is 4.79 Å². The Morgan fingerprint density at radius 1 is 1.04 bits per heavy atom. The van der Waals surface area contributed by atoms with Gasteiger partial charge in [-0.2, -0.15) is 0 Å². The summed E-state index contributed by atoms with van der Waals surface area (Å²) in [7, 11) is 0. The fourth-order valence-corrected chi connectivity index (χ4v) is 2.43. The molecule has 26 heavy (non-hydrogen) atoms. The molecule has 0 atom stereocenters. The molecule has 0 bridgehead atoms. The third-order valence-electron chi connectivity index (χ3n) is 3.88. The van der Waals surface area contributed by atoms with E-state index in [1.54, 1.807) is 6.08 Å². The van der Waals surface area contributed by atoms with Crippen LogP contribution in [0, 0.1) is 13.8 Å². The molecule has 0 unspecified atom stereocenters. The quantitative estimate of drug-likeness (QED) is 0.449. The second-order valence-corrected chi connectivity index (χ2v) is 6.25. The van der Waals surface area contributed by atoms with Crippen molar-refractivity contribution in [1.82, 2.24) is 5.32 Å². The number of aryl methyl sites for hydroxylation is 3. The minimum atomic E-state index is -0.416. The Kier molecular flexibility index (Phi) is 7.62. The Morgan fingerprint density at radius 2 is 1.81 bits per heavy atom. The molecule has 0 aromatic heterocycles.